The molecule has 0 bridgehead atoms. The summed E-state index contributed by atoms with van der Waals surface area (Å²) in [6.07, 6.45) is 3.18. The molecule has 0 spiro atoms. The maximum absolute atomic E-state index is 12.2. The van der Waals surface area contributed by atoms with Crippen molar-refractivity contribution >= 4 is 10.0 Å². The molecule has 8 heteroatoms. The Morgan fingerprint density at radius 3 is 2.76 bits per heavy atom. The van der Waals surface area contributed by atoms with E-state index in [1.807, 2.05) is 20.9 Å². The van der Waals surface area contributed by atoms with Crippen LogP contribution in [0, 0.1) is 6.92 Å². The Morgan fingerprint density at radius 1 is 1.38 bits per heavy atom. The highest BCUT2D eigenvalue weighted by Gasteiger charge is 2.16. The average Bonchev–Trinajstić information content (AvgIpc) is 3.04. The zero-order valence-corrected chi connectivity index (χ0v) is 13.3. The van der Waals surface area contributed by atoms with E-state index in [4.69, 9.17) is 0 Å². The van der Waals surface area contributed by atoms with Crippen molar-refractivity contribution in [1.29, 1.82) is 0 Å². The van der Waals surface area contributed by atoms with Crippen molar-refractivity contribution in [1.82, 2.24) is 24.8 Å². The van der Waals surface area contributed by atoms with Crippen LogP contribution in [0.2, 0.25) is 0 Å². The van der Waals surface area contributed by atoms with Crippen molar-refractivity contribution in [3.05, 3.63) is 35.4 Å². The lowest BCUT2D eigenvalue weighted by atomic mass is 10.3. The molecule has 0 aliphatic carbocycles. The summed E-state index contributed by atoms with van der Waals surface area (Å²) in [5, 5.41) is 7.23. The number of rotatable bonds is 7. The Morgan fingerprint density at radius 2 is 2.14 bits per heavy atom. The van der Waals surface area contributed by atoms with Crippen LogP contribution in [-0.4, -0.2) is 29.7 Å². The Balaban J connectivity index is 2.04. The number of nitrogens with zero attached hydrogens (tertiary/aromatic N) is 2. The molecule has 0 aliphatic rings. The van der Waals surface area contributed by atoms with Crippen LogP contribution >= 0.6 is 0 Å². The summed E-state index contributed by atoms with van der Waals surface area (Å²) in [7, 11) is -1.69. The predicted molar refractivity (Wildman–Crippen MR) is 80.1 cm³/mol. The highest BCUT2D eigenvalue weighted by atomic mass is 32.2. The van der Waals surface area contributed by atoms with E-state index in [-0.39, 0.29) is 11.4 Å². The van der Waals surface area contributed by atoms with Gasteiger partial charge in [-0.05, 0) is 19.5 Å². The molecule has 2 heterocycles. The molecule has 0 amide bonds. The minimum Gasteiger partial charge on any atom is -0.363 e. The van der Waals surface area contributed by atoms with Crippen molar-refractivity contribution in [3.63, 3.8) is 0 Å². The van der Waals surface area contributed by atoms with E-state index in [1.54, 1.807) is 16.9 Å². The maximum Gasteiger partial charge on any atom is 0.242 e. The van der Waals surface area contributed by atoms with Crippen LogP contribution in [0.5, 0.6) is 0 Å². The van der Waals surface area contributed by atoms with Crippen molar-refractivity contribution in [2.75, 3.05) is 6.54 Å². The monoisotopic (exact) mass is 311 g/mol. The van der Waals surface area contributed by atoms with Crippen LogP contribution in [-0.2, 0) is 30.2 Å². The Bertz CT molecular complexity index is 702. The minimum atomic E-state index is -3.52. The zero-order valence-electron chi connectivity index (χ0n) is 12.5. The first-order valence-electron chi connectivity index (χ1n) is 6.79. The maximum atomic E-state index is 12.2. The summed E-state index contributed by atoms with van der Waals surface area (Å²) in [6, 6.07) is 1.64. The van der Waals surface area contributed by atoms with Gasteiger partial charge in [-0.1, -0.05) is 6.92 Å². The van der Waals surface area contributed by atoms with E-state index in [2.05, 4.69) is 20.1 Å². The molecule has 21 heavy (non-hydrogen) atoms. The topological polar surface area (TPSA) is 91.8 Å². The van der Waals surface area contributed by atoms with Gasteiger partial charge in [-0.25, -0.2) is 13.1 Å². The van der Waals surface area contributed by atoms with E-state index in [0.29, 0.717) is 6.54 Å². The van der Waals surface area contributed by atoms with Gasteiger partial charge < -0.3 is 10.3 Å². The van der Waals surface area contributed by atoms with Crippen molar-refractivity contribution in [3.8, 4) is 0 Å². The number of aryl methyl sites for hydroxylation is 1. The van der Waals surface area contributed by atoms with Crippen molar-refractivity contribution < 1.29 is 8.42 Å². The number of hydrogen-bond donors (Lipinski definition) is 3. The third kappa shape index (κ3) is 3.72. The lowest BCUT2D eigenvalue weighted by Gasteiger charge is -2.04. The Labute approximate surface area is 124 Å². The number of nitrogens with one attached hydrogen (secondary N) is 3. The van der Waals surface area contributed by atoms with Crippen LogP contribution < -0.4 is 10.0 Å². The summed E-state index contributed by atoms with van der Waals surface area (Å²) >= 11 is 0. The third-order valence-electron chi connectivity index (χ3n) is 3.38. The lowest BCUT2D eigenvalue weighted by molar-refractivity contribution is 0.581. The summed E-state index contributed by atoms with van der Waals surface area (Å²) in [4.78, 5) is 3.21. The first-order chi connectivity index (χ1) is 9.94. The standard InChI is InChI=1S/C13H21N5O2S/c1-4-14-8-12-5-13(9-15-12)21(19,20)17-7-11-6-16-18(3)10(11)2/h5-6,9,14-15,17H,4,7-8H2,1-3H3. The number of H-pyrrole nitrogens is 1. The molecule has 0 aromatic carbocycles. The lowest BCUT2D eigenvalue weighted by Crippen LogP contribution is -2.23. The molecule has 116 valence electrons. The molecular weight excluding hydrogens is 290 g/mol. The molecule has 0 fully saturated rings. The molecule has 0 aliphatic heterocycles. The largest absolute Gasteiger partial charge is 0.363 e. The molecule has 0 saturated heterocycles. The second-order valence-corrected chi connectivity index (χ2v) is 6.61. The second kappa shape index (κ2) is 6.42. The smallest absolute Gasteiger partial charge is 0.242 e. The molecule has 7 nitrogen and oxygen atoms in total. The third-order valence-corrected chi connectivity index (χ3v) is 4.76. The summed E-state index contributed by atoms with van der Waals surface area (Å²) in [5.41, 5.74) is 2.65. The minimum absolute atomic E-state index is 0.232. The summed E-state index contributed by atoms with van der Waals surface area (Å²) in [5.74, 6) is 0. The quantitative estimate of drug-likeness (QED) is 0.700. The highest BCUT2D eigenvalue weighted by molar-refractivity contribution is 7.89. The molecule has 0 saturated carbocycles. The van der Waals surface area contributed by atoms with E-state index < -0.39 is 10.0 Å². The molecule has 0 atom stereocenters. The fourth-order valence-corrected chi connectivity index (χ4v) is 2.93. The second-order valence-electron chi connectivity index (χ2n) is 4.84. The van der Waals surface area contributed by atoms with Gasteiger partial charge in [-0.15, -0.1) is 0 Å². The number of aromatic amines is 1. The Hall–Kier alpha value is -1.64. The first kappa shape index (κ1) is 15.7. The average molecular weight is 311 g/mol. The molecule has 2 aromatic heterocycles. The highest BCUT2D eigenvalue weighted by Crippen LogP contribution is 2.12. The van der Waals surface area contributed by atoms with Gasteiger partial charge in [0.05, 0.1) is 11.1 Å². The number of sulfonamides is 1. The molecule has 0 radical (unpaired) electrons. The van der Waals surface area contributed by atoms with Gasteiger partial charge in [-0.3, -0.25) is 4.68 Å². The van der Waals surface area contributed by atoms with Crippen LogP contribution in [0.4, 0.5) is 0 Å². The van der Waals surface area contributed by atoms with Gasteiger partial charge in [0.25, 0.3) is 0 Å². The van der Waals surface area contributed by atoms with Gasteiger partial charge in [0.1, 0.15) is 0 Å². The fraction of sp³-hybridized carbons (Fsp3) is 0.462. The molecule has 3 N–H and O–H groups in total. The molecule has 0 unspecified atom stereocenters. The summed E-state index contributed by atoms with van der Waals surface area (Å²) < 4.78 is 28.8. The number of aromatic nitrogens is 3. The van der Waals surface area contributed by atoms with E-state index in [9.17, 15) is 8.42 Å². The first-order valence-corrected chi connectivity index (χ1v) is 8.27. The summed E-state index contributed by atoms with van der Waals surface area (Å²) in [6.45, 7) is 5.59. The predicted octanol–water partition coefficient (Wildman–Crippen LogP) is 0.645. The fourth-order valence-electron chi connectivity index (χ4n) is 1.91. The Kier molecular flexibility index (Phi) is 4.81. The van der Waals surface area contributed by atoms with Crippen LogP contribution in [0.15, 0.2) is 23.4 Å². The van der Waals surface area contributed by atoms with Gasteiger partial charge in [-0.2, -0.15) is 5.10 Å². The van der Waals surface area contributed by atoms with Crippen LogP contribution in [0.3, 0.4) is 0 Å². The van der Waals surface area contributed by atoms with Crippen molar-refractivity contribution in [2.24, 2.45) is 7.05 Å². The van der Waals surface area contributed by atoms with E-state index in [1.165, 1.54) is 6.20 Å². The van der Waals surface area contributed by atoms with Crippen molar-refractivity contribution in [2.45, 2.75) is 31.8 Å². The number of hydrogen-bond acceptors (Lipinski definition) is 4. The van der Waals surface area contributed by atoms with E-state index in [0.717, 1.165) is 23.5 Å². The van der Waals surface area contributed by atoms with Gasteiger partial charge in [0, 0.05) is 43.3 Å². The molecular formula is C13H21N5O2S. The normalized spacial score (nSPS) is 12.0. The van der Waals surface area contributed by atoms with Gasteiger partial charge >= 0.3 is 0 Å². The van der Waals surface area contributed by atoms with Gasteiger partial charge in [0.2, 0.25) is 10.0 Å². The molecule has 2 rings (SSSR count). The van der Waals surface area contributed by atoms with Crippen LogP contribution in [0.1, 0.15) is 23.9 Å². The van der Waals surface area contributed by atoms with Gasteiger partial charge in [0.15, 0.2) is 0 Å². The zero-order chi connectivity index (χ0) is 15.5. The van der Waals surface area contributed by atoms with Crippen LogP contribution in [0.25, 0.3) is 0 Å². The SMILES string of the molecule is CCNCc1cc(S(=O)(=O)NCc2cnn(C)c2C)c[nH]1. The van der Waals surface area contributed by atoms with E-state index >= 15 is 0 Å². The molecule has 2 aromatic rings.